The Bertz CT molecular complexity index is 959. The molecule has 0 radical (unpaired) electrons. The standard InChI is InChI=1S/C26H39ClN4O2/c1-19(2)29-12-14-30(15-13-29)26(10-5-4-6-11-26)18-28-25(33)21-16-31(20(3)17-32)23-9-7-8-22(27)24(21)23/h7-9,16,19-20,32H,4-6,10-15,17-18H2,1-3H3,(H,28,33). The summed E-state index contributed by atoms with van der Waals surface area (Å²) in [7, 11) is 0. The van der Waals surface area contributed by atoms with Crippen LogP contribution in [0.5, 0.6) is 0 Å². The van der Waals surface area contributed by atoms with Crippen LogP contribution >= 0.6 is 11.6 Å². The van der Waals surface area contributed by atoms with E-state index in [1.165, 1.54) is 19.3 Å². The van der Waals surface area contributed by atoms with Gasteiger partial charge in [-0.1, -0.05) is 36.9 Å². The van der Waals surface area contributed by atoms with Crippen molar-refractivity contribution in [3.8, 4) is 0 Å². The lowest BCUT2D eigenvalue weighted by Gasteiger charge is -2.50. The van der Waals surface area contributed by atoms with Gasteiger partial charge in [-0.3, -0.25) is 14.6 Å². The first kappa shape index (κ1) is 24.5. The number of aliphatic hydroxyl groups is 1. The summed E-state index contributed by atoms with van der Waals surface area (Å²) in [5, 5.41) is 14.3. The fourth-order valence-electron chi connectivity index (χ4n) is 5.76. The molecule has 1 aromatic heterocycles. The Morgan fingerprint density at radius 2 is 1.82 bits per heavy atom. The summed E-state index contributed by atoms with van der Waals surface area (Å²) < 4.78 is 1.96. The third-order valence-electron chi connectivity index (χ3n) is 7.87. The van der Waals surface area contributed by atoms with E-state index in [2.05, 4.69) is 29.0 Å². The predicted molar refractivity (Wildman–Crippen MR) is 135 cm³/mol. The van der Waals surface area contributed by atoms with E-state index in [0.717, 1.165) is 49.9 Å². The lowest BCUT2D eigenvalue weighted by Crippen LogP contribution is -2.62. The van der Waals surface area contributed by atoms with Crippen molar-refractivity contribution in [2.24, 2.45) is 0 Å². The van der Waals surface area contributed by atoms with Crippen molar-refractivity contribution in [1.82, 2.24) is 19.7 Å². The predicted octanol–water partition coefficient (Wildman–Crippen LogP) is 4.31. The van der Waals surface area contributed by atoms with Gasteiger partial charge >= 0.3 is 0 Å². The van der Waals surface area contributed by atoms with Gasteiger partial charge in [0, 0.05) is 55.9 Å². The molecule has 4 rings (SSSR count). The Hall–Kier alpha value is -1.60. The van der Waals surface area contributed by atoms with E-state index in [0.29, 0.717) is 23.2 Å². The van der Waals surface area contributed by atoms with E-state index in [1.54, 1.807) is 0 Å². The summed E-state index contributed by atoms with van der Waals surface area (Å²) >= 11 is 6.54. The zero-order chi connectivity index (χ0) is 23.6. The van der Waals surface area contributed by atoms with Crippen LogP contribution in [0.15, 0.2) is 24.4 Å². The van der Waals surface area contributed by atoms with Crippen LogP contribution in [0.2, 0.25) is 5.02 Å². The number of amides is 1. The number of fused-ring (bicyclic) bond motifs is 1. The minimum Gasteiger partial charge on any atom is -0.394 e. The highest BCUT2D eigenvalue weighted by Crippen LogP contribution is 2.35. The number of carbonyl (C=O) groups is 1. The zero-order valence-corrected chi connectivity index (χ0v) is 21.1. The number of hydrogen-bond donors (Lipinski definition) is 2. The second-order valence-electron chi connectivity index (χ2n) is 10.2. The highest BCUT2D eigenvalue weighted by Gasteiger charge is 2.40. The number of hydrogen-bond acceptors (Lipinski definition) is 4. The molecule has 1 atom stereocenters. The molecule has 1 aliphatic heterocycles. The summed E-state index contributed by atoms with van der Waals surface area (Å²) in [6, 6.07) is 6.12. The first-order valence-corrected chi connectivity index (χ1v) is 12.9. The third kappa shape index (κ3) is 4.95. The fraction of sp³-hybridized carbons (Fsp3) is 0.654. The maximum Gasteiger partial charge on any atom is 0.253 e. The molecule has 2 aliphatic rings. The average molecular weight is 475 g/mol. The zero-order valence-electron chi connectivity index (χ0n) is 20.3. The van der Waals surface area contributed by atoms with Crippen LogP contribution in [0.25, 0.3) is 10.9 Å². The van der Waals surface area contributed by atoms with E-state index < -0.39 is 0 Å². The van der Waals surface area contributed by atoms with Crippen LogP contribution in [0.1, 0.15) is 69.3 Å². The van der Waals surface area contributed by atoms with E-state index in [9.17, 15) is 9.90 Å². The number of halogens is 1. The molecule has 33 heavy (non-hydrogen) atoms. The smallest absolute Gasteiger partial charge is 0.253 e. The van der Waals surface area contributed by atoms with Gasteiger partial charge in [-0.25, -0.2) is 0 Å². The Morgan fingerprint density at radius 1 is 1.12 bits per heavy atom. The summed E-state index contributed by atoms with van der Waals surface area (Å²) in [4.78, 5) is 18.7. The first-order chi connectivity index (χ1) is 15.9. The van der Waals surface area contributed by atoms with Gasteiger partial charge in [0.05, 0.1) is 28.8 Å². The third-order valence-corrected chi connectivity index (χ3v) is 8.18. The molecule has 1 unspecified atom stereocenters. The van der Waals surface area contributed by atoms with Crippen molar-refractivity contribution in [3.05, 3.63) is 35.0 Å². The van der Waals surface area contributed by atoms with E-state index >= 15 is 0 Å². The van der Waals surface area contributed by atoms with Crippen molar-refractivity contribution in [1.29, 1.82) is 0 Å². The molecule has 1 amide bonds. The summed E-state index contributed by atoms with van der Waals surface area (Å²) in [5.41, 5.74) is 1.51. The van der Waals surface area contributed by atoms with Gasteiger partial charge in [0.1, 0.15) is 0 Å². The van der Waals surface area contributed by atoms with Gasteiger partial charge in [-0.05, 0) is 45.7 Å². The Kier molecular flexibility index (Phi) is 7.69. The number of aliphatic hydroxyl groups excluding tert-OH is 1. The Labute approximate surface area is 202 Å². The monoisotopic (exact) mass is 474 g/mol. The number of benzene rings is 1. The average Bonchev–Trinajstić information content (AvgIpc) is 3.24. The molecule has 2 aromatic rings. The van der Waals surface area contributed by atoms with Gasteiger partial charge < -0.3 is 15.0 Å². The van der Waals surface area contributed by atoms with Crippen molar-refractivity contribution in [2.75, 3.05) is 39.3 Å². The maximum atomic E-state index is 13.5. The van der Waals surface area contributed by atoms with E-state index in [-0.39, 0.29) is 24.1 Å². The van der Waals surface area contributed by atoms with Gasteiger partial charge in [-0.2, -0.15) is 0 Å². The SMILES string of the molecule is CC(C)N1CCN(C2(CNC(=O)c3cn(C(C)CO)c4cccc(Cl)c34)CCCCC2)CC1. The first-order valence-electron chi connectivity index (χ1n) is 12.5. The Morgan fingerprint density at radius 3 is 2.45 bits per heavy atom. The second-order valence-corrected chi connectivity index (χ2v) is 10.6. The van der Waals surface area contributed by atoms with Crippen LogP contribution in [-0.2, 0) is 0 Å². The molecule has 2 fully saturated rings. The normalized spacial score (nSPS) is 20.9. The highest BCUT2D eigenvalue weighted by atomic mass is 35.5. The molecule has 0 spiro atoms. The quantitative estimate of drug-likeness (QED) is 0.627. The van der Waals surface area contributed by atoms with Crippen molar-refractivity contribution in [3.63, 3.8) is 0 Å². The summed E-state index contributed by atoms with van der Waals surface area (Å²) in [5.74, 6) is -0.0808. The van der Waals surface area contributed by atoms with E-state index in [4.69, 9.17) is 11.6 Å². The van der Waals surface area contributed by atoms with E-state index in [1.807, 2.05) is 35.9 Å². The molecular formula is C26H39ClN4O2. The molecule has 2 heterocycles. The Balaban J connectivity index is 1.55. The lowest BCUT2D eigenvalue weighted by molar-refractivity contribution is 0.000838. The number of nitrogens with zero attached hydrogens (tertiary/aromatic N) is 3. The number of piperazine rings is 1. The van der Waals surface area contributed by atoms with Crippen LogP contribution in [0.3, 0.4) is 0 Å². The number of nitrogens with one attached hydrogen (secondary N) is 1. The van der Waals surface area contributed by atoms with Crippen LogP contribution < -0.4 is 5.32 Å². The van der Waals surface area contributed by atoms with Crippen LogP contribution in [-0.4, -0.2) is 76.3 Å². The second kappa shape index (κ2) is 10.3. The van der Waals surface area contributed by atoms with Crippen LogP contribution in [0.4, 0.5) is 0 Å². The molecular weight excluding hydrogens is 436 g/mol. The fourth-order valence-corrected chi connectivity index (χ4v) is 6.03. The van der Waals surface area contributed by atoms with Gasteiger partial charge in [-0.15, -0.1) is 0 Å². The van der Waals surface area contributed by atoms with Crippen molar-refractivity contribution < 1.29 is 9.90 Å². The molecule has 7 heteroatoms. The molecule has 2 N–H and O–H groups in total. The lowest BCUT2D eigenvalue weighted by atomic mass is 9.79. The minimum absolute atomic E-state index is 0.00280. The molecule has 6 nitrogen and oxygen atoms in total. The number of carbonyl (C=O) groups excluding carboxylic acids is 1. The molecule has 1 saturated heterocycles. The summed E-state index contributed by atoms with van der Waals surface area (Å²) in [6.45, 7) is 11.5. The summed E-state index contributed by atoms with van der Waals surface area (Å²) in [6.07, 6.45) is 7.85. The van der Waals surface area contributed by atoms with Gasteiger partial charge in [0.25, 0.3) is 5.91 Å². The van der Waals surface area contributed by atoms with Crippen molar-refractivity contribution in [2.45, 2.75) is 70.5 Å². The van der Waals surface area contributed by atoms with Crippen molar-refractivity contribution >= 4 is 28.4 Å². The molecule has 1 saturated carbocycles. The van der Waals surface area contributed by atoms with Crippen LogP contribution in [0, 0.1) is 0 Å². The molecule has 1 aromatic carbocycles. The molecule has 1 aliphatic carbocycles. The molecule has 0 bridgehead atoms. The maximum absolute atomic E-state index is 13.5. The number of rotatable bonds is 7. The largest absolute Gasteiger partial charge is 0.394 e. The highest BCUT2D eigenvalue weighted by molar-refractivity contribution is 6.36. The van der Waals surface area contributed by atoms with Gasteiger partial charge in [0.2, 0.25) is 0 Å². The van der Waals surface area contributed by atoms with Gasteiger partial charge in [0.15, 0.2) is 0 Å². The molecule has 182 valence electrons. The minimum atomic E-state index is -0.130. The topological polar surface area (TPSA) is 60.7 Å². The number of aromatic nitrogens is 1.